The highest BCUT2D eigenvalue weighted by molar-refractivity contribution is 6.30. The van der Waals surface area contributed by atoms with Gasteiger partial charge in [-0.2, -0.15) is 0 Å². The lowest BCUT2D eigenvalue weighted by Gasteiger charge is -2.26. The Balaban J connectivity index is 1.40. The molecule has 3 nitrogen and oxygen atoms in total. The van der Waals surface area contributed by atoms with E-state index in [2.05, 4.69) is 30.4 Å². The van der Waals surface area contributed by atoms with Gasteiger partial charge >= 0.3 is 0 Å². The quantitative estimate of drug-likeness (QED) is 0.574. The molecule has 0 saturated heterocycles. The zero-order valence-electron chi connectivity index (χ0n) is 17.9. The zero-order chi connectivity index (χ0) is 20.9. The van der Waals surface area contributed by atoms with Gasteiger partial charge < -0.3 is 10.1 Å². The third kappa shape index (κ3) is 5.00. The highest BCUT2D eigenvalue weighted by Gasteiger charge is 2.27. The molecule has 1 heterocycles. The normalized spacial score (nSPS) is 21.7. The first-order valence-electron chi connectivity index (χ1n) is 11.5. The fraction of sp³-hybridized carbons (Fsp3) is 0.500. The van der Waals surface area contributed by atoms with Crippen LogP contribution in [0.5, 0.6) is 0 Å². The summed E-state index contributed by atoms with van der Waals surface area (Å²) in [6, 6.07) is 6.18. The average molecular weight is 426 g/mol. The lowest BCUT2D eigenvalue weighted by Crippen LogP contribution is -2.29. The Labute approximate surface area is 185 Å². The summed E-state index contributed by atoms with van der Waals surface area (Å²) < 4.78 is 6.15. The molecule has 160 valence electrons. The Kier molecular flexibility index (Phi) is 6.99. The fourth-order valence-electron chi connectivity index (χ4n) is 4.81. The van der Waals surface area contributed by atoms with Crippen LogP contribution in [0.2, 0.25) is 5.02 Å². The van der Waals surface area contributed by atoms with Crippen molar-refractivity contribution in [2.24, 2.45) is 5.92 Å². The molecule has 1 aromatic rings. The van der Waals surface area contributed by atoms with Crippen molar-refractivity contribution in [1.82, 2.24) is 5.32 Å². The predicted molar refractivity (Wildman–Crippen MR) is 123 cm³/mol. The Bertz CT molecular complexity index is 877. The lowest BCUT2D eigenvalue weighted by atomic mass is 9.97. The van der Waals surface area contributed by atoms with Crippen molar-refractivity contribution >= 4 is 23.1 Å². The standard InChI is InChI=1S/C26H32ClNO2/c1-2-23-15-21(16-25(30-23)20-9-5-6-10-20)26(29)28-14-13-19-8-4-3-7-18-11-12-22(27)17-24(18)19/h8,11-12,15-17,20,23H,2-7,9-10,13-14H2,1H3,(H,28,29). The van der Waals surface area contributed by atoms with E-state index in [4.69, 9.17) is 16.3 Å². The van der Waals surface area contributed by atoms with E-state index in [1.807, 2.05) is 18.2 Å². The number of carbonyl (C=O) groups is 1. The molecule has 3 aliphatic rings. The Morgan fingerprint density at radius 3 is 2.87 bits per heavy atom. The molecule has 30 heavy (non-hydrogen) atoms. The molecule has 1 unspecified atom stereocenters. The van der Waals surface area contributed by atoms with E-state index in [9.17, 15) is 4.79 Å². The fourth-order valence-corrected chi connectivity index (χ4v) is 4.98. The second-order valence-electron chi connectivity index (χ2n) is 8.64. The monoisotopic (exact) mass is 425 g/mol. The second kappa shape index (κ2) is 9.87. The van der Waals surface area contributed by atoms with Crippen LogP contribution in [0.1, 0.15) is 69.4 Å². The number of aryl methyl sites for hydroxylation is 1. The van der Waals surface area contributed by atoms with Crippen molar-refractivity contribution < 1.29 is 9.53 Å². The van der Waals surface area contributed by atoms with Crippen LogP contribution in [-0.4, -0.2) is 18.6 Å². The highest BCUT2D eigenvalue weighted by atomic mass is 35.5. The van der Waals surface area contributed by atoms with Crippen LogP contribution >= 0.6 is 11.6 Å². The molecule has 1 aromatic carbocycles. The maximum Gasteiger partial charge on any atom is 0.251 e. The highest BCUT2D eigenvalue weighted by Crippen LogP contribution is 2.35. The van der Waals surface area contributed by atoms with Gasteiger partial charge in [0.25, 0.3) is 5.91 Å². The van der Waals surface area contributed by atoms with E-state index in [1.54, 1.807) is 0 Å². The largest absolute Gasteiger partial charge is 0.490 e. The summed E-state index contributed by atoms with van der Waals surface area (Å²) >= 11 is 6.25. The molecule has 1 atom stereocenters. The third-order valence-electron chi connectivity index (χ3n) is 6.51. The molecule has 0 aromatic heterocycles. The number of benzene rings is 1. The van der Waals surface area contributed by atoms with E-state index in [0.29, 0.717) is 12.5 Å². The summed E-state index contributed by atoms with van der Waals surface area (Å²) in [4.78, 5) is 12.9. The van der Waals surface area contributed by atoms with Crippen LogP contribution in [-0.2, 0) is 16.0 Å². The van der Waals surface area contributed by atoms with Gasteiger partial charge in [-0.1, -0.05) is 43.5 Å². The first-order valence-corrected chi connectivity index (χ1v) is 11.9. The van der Waals surface area contributed by atoms with Crippen LogP contribution < -0.4 is 5.32 Å². The van der Waals surface area contributed by atoms with Gasteiger partial charge in [-0.3, -0.25) is 4.79 Å². The van der Waals surface area contributed by atoms with Gasteiger partial charge in [-0.15, -0.1) is 0 Å². The number of hydrogen-bond acceptors (Lipinski definition) is 2. The first-order chi connectivity index (χ1) is 14.6. The molecule has 0 spiro atoms. The number of hydrogen-bond donors (Lipinski definition) is 1. The van der Waals surface area contributed by atoms with Gasteiger partial charge in [0.2, 0.25) is 0 Å². The number of rotatable bonds is 6. The van der Waals surface area contributed by atoms with Gasteiger partial charge in [-0.25, -0.2) is 0 Å². The van der Waals surface area contributed by atoms with Gasteiger partial charge in [0.15, 0.2) is 0 Å². The summed E-state index contributed by atoms with van der Waals surface area (Å²) in [5, 5.41) is 3.91. The maximum atomic E-state index is 12.9. The van der Waals surface area contributed by atoms with Gasteiger partial charge in [0.05, 0.1) is 0 Å². The summed E-state index contributed by atoms with van der Waals surface area (Å²) in [5.74, 6) is 1.50. The van der Waals surface area contributed by atoms with Crippen molar-refractivity contribution in [2.75, 3.05) is 6.54 Å². The average Bonchev–Trinajstić information content (AvgIpc) is 3.23. The minimum Gasteiger partial charge on any atom is -0.490 e. The topological polar surface area (TPSA) is 38.3 Å². The van der Waals surface area contributed by atoms with Crippen LogP contribution in [0, 0.1) is 5.92 Å². The Morgan fingerprint density at radius 1 is 1.23 bits per heavy atom. The van der Waals surface area contributed by atoms with E-state index >= 15 is 0 Å². The molecule has 1 amide bonds. The number of nitrogens with one attached hydrogen (secondary N) is 1. The SMILES string of the molecule is CCC1C=C(C(=O)NCCC2=CCCCc3ccc(Cl)cc32)C=C(C2CCCC2)O1. The van der Waals surface area contributed by atoms with Crippen LogP contribution in [0.15, 0.2) is 47.8 Å². The maximum absolute atomic E-state index is 12.9. The molecule has 0 radical (unpaired) electrons. The van der Waals surface area contributed by atoms with E-state index < -0.39 is 0 Å². The molecule has 4 heteroatoms. The molecular weight excluding hydrogens is 394 g/mol. The Hall–Kier alpha value is -2.00. The summed E-state index contributed by atoms with van der Waals surface area (Å²) in [6.07, 6.45) is 16.2. The first kappa shape index (κ1) is 21.2. The van der Waals surface area contributed by atoms with Gasteiger partial charge in [-0.05, 0) is 85.9 Å². The molecule has 1 N–H and O–H groups in total. The van der Waals surface area contributed by atoms with Crippen molar-refractivity contribution in [2.45, 2.75) is 70.8 Å². The van der Waals surface area contributed by atoms with Crippen molar-refractivity contribution in [1.29, 1.82) is 0 Å². The summed E-state index contributed by atoms with van der Waals surface area (Å²) in [7, 11) is 0. The minimum atomic E-state index is 0.00457. The van der Waals surface area contributed by atoms with Crippen molar-refractivity contribution in [3.05, 3.63) is 63.9 Å². The zero-order valence-corrected chi connectivity index (χ0v) is 18.6. The Morgan fingerprint density at radius 2 is 2.07 bits per heavy atom. The molecular formula is C26H32ClNO2. The van der Waals surface area contributed by atoms with Crippen molar-refractivity contribution in [3.8, 4) is 0 Å². The molecule has 1 aliphatic heterocycles. The number of allylic oxidation sites excluding steroid dienone is 2. The van der Waals surface area contributed by atoms with Crippen LogP contribution in [0.4, 0.5) is 0 Å². The van der Waals surface area contributed by atoms with Gasteiger partial charge in [0.1, 0.15) is 11.9 Å². The van der Waals surface area contributed by atoms with Crippen LogP contribution in [0.25, 0.3) is 5.57 Å². The molecule has 1 saturated carbocycles. The number of ether oxygens (including phenoxy) is 1. The van der Waals surface area contributed by atoms with E-state index in [-0.39, 0.29) is 12.0 Å². The number of fused-ring (bicyclic) bond motifs is 1. The third-order valence-corrected chi connectivity index (χ3v) is 6.75. The minimum absolute atomic E-state index is 0.00457. The smallest absolute Gasteiger partial charge is 0.251 e. The number of amides is 1. The lowest BCUT2D eigenvalue weighted by molar-refractivity contribution is -0.117. The molecule has 1 fully saturated rings. The van der Waals surface area contributed by atoms with E-state index in [0.717, 1.165) is 48.5 Å². The predicted octanol–water partition coefficient (Wildman–Crippen LogP) is 6.38. The second-order valence-corrected chi connectivity index (χ2v) is 9.08. The van der Waals surface area contributed by atoms with Crippen molar-refractivity contribution in [3.63, 3.8) is 0 Å². The molecule has 2 aliphatic carbocycles. The molecule has 4 rings (SSSR count). The number of halogens is 1. The molecule has 0 bridgehead atoms. The number of carbonyl (C=O) groups excluding carboxylic acids is 1. The summed E-state index contributed by atoms with van der Waals surface area (Å²) in [6.45, 7) is 2.73. The summed E-state index contributed by atoms with van der Waals surface area (Å²) in [5.41, 5.74) is 4.65. The van der Waals surface area contributed by atoms with E-state index in [1.165, 1.54) is 42.4 Å². The van der Waals surface area contributed by atoms with Gasteiger partial charge in [0, 0.05) is 23.1 Å². The van der Waals surface area contributed by atoms with Crippen LogP contribution in [0.3, 0.4) is 0 Å².